The molecule has 2 rings (SSSR count). The van der Waals surface area contributed by atoms with Crippen molar-refractivity contribution in [1.29, 1.82) is 0 Å². The van der Waals surface area contributed by atoms with Crippen LogP contribution in [-0.2, 0) is 6.42 Å². The maximum absolute atomic E-state index is 11.2. The number of rotatable bonds is 3. The Kier molecular flexibility index (Phi) is 4.80. The van der Waals surface area contributed by atoms with E-state index in [1.54, 1.807) is 4.90 Å². The largest absolute Gasteiger partial charge is 0.351 e. The highest BCUT2D eigenvalue weighted by Crippen LogP contribution is 2.07. The van der Waals surface area contributed by atoms with E-state index in [0.717, 1.165) is 45.6 Å². The molecule has 19 heavy (non-hydrogen) atoms. The van der Waals surface area contributed by atoms with Crippen LogP contribution in [0, 0.1) is 6.92 Å². The molecule has 1 heterocycles. The van der Waals surface area contributed by atoms with E-state index in [2.05, 4.69) is 36.1 Å². The molecule has 0 saturated carbocycles. The Labute approximate surface area is 115 Å². The molecule has 0 bridgehead atoms. The number of aryl methyl sites for hydroxylation is 1. The number of nitrogens with two attached hydrogens (primary N) is 1. The van der Waals surface area contributed by atoms with Gasteiger partial charge in [-0.2, -0.15) is 0 Å². The summed E-state index contributed by atoms with van der Waals surface area (Å²) in [4.78, 5) is 15.3. The van der Waals surface area contributed by atoms with Gasteiger partial charge in [0.15, 0.2) is 0 Å². The zero-order valence-electron chi connectivity index (χ0n) is 11.6. The van der Waals surface area contributed by atoms with Gasteiger partial charge in [-0.15, -0.1) is 0 Å². The van der Waals surface area contributed by atoms with E-state index in [9.17, 15) is 4.79 Å². The molecule has 0 aromatic heterocycles. The zero-order valence-corrected chi connectivity index (χ0v) is 11.6. The number of hydrogen-bond acceptors (Lipinski definition) is 2. The average Bonchev–Trinajstić information content (AvgIpc) is 2.63. The van der Waals surface area contributed by atoms with Crippen molar-refractivity contribution in [3.8, 4) is 0 Å². The van der Waals surface area contributed by atoms with Crippen LogP contribution in [0.25, 0.3) is 0 Å². The van der Waals surface area contributed by atoms with Crippen LogP contribution in [0.1, 0.15) is 17.5 Å². The van der Waals surface area contributed by atoms with Gasteiger partial charge in [0.2, 0.25) is 0 Å². The molecule has 1 fully saturated rings. The Morgan fingerprint density at radius 3 is 2.58 bits per heavy atom. The second-order valence-electron chi connectivity index (χ2n) is 5.26. The molecule has 0 radical (unpaired) electrons. The molecular formula is C15H23N3O. The second-order valence-corrected chi connectivity index (χ2v) is 5.26. The molecule has 4 nitrogen and oxygen atoms in total. The Hall–Kier alpha value is -1.55. The van der Waals surface area contributed by atoms with Gasteiger partial charge < -0.3 is 15.5 Å². The third kappa shape index (κ3) is 4.24. The van der Waals surface area contributed by atoms with Crippen LogP contribution in [0.3, 0.4) is 0 Å². The molecule has 104 valence electrons. The maximum atomic E-state index is 11.2. The molecule has 1 aromatic rings. The second kappa shape index (κ2) is 6.57. The van der Waals surface area contributed by atoms with Gasteiger partial charge in [-0.25, -0.2) is 4.79 Å². The molecule has 1 aliphatic heterocycles. The number of amides is 2. The minimum atomic E-state index is -0.291. The highest BCUT2D eigenvalue weighted by Gasteiger charge is 2.16. The molecular weight excluding hydrogens is 238 g/mol. The topological polar surface area (TPSA) is 49.6 Å². The average molecular weight is 261 g/mol. The number of benzene rings is 1. The van der Waals surface area contributed by atoms with E-state index in [-0.39, 0.29) is 6.03 Å². The van der Waals surface area contributed by atoms with Crippen molar-refractivity contribution in [2.24, 2.45) is 5.73 Å². The van der Waals surface area contributed by atoms with Crippen molar-refractivity contribution in [2.45, 2.75) is 19.8 Å². The summed E-state index contributed by atoms with van der Waals surface area (Å²) in [5, 5.41) is 0. The van der Waals surface area contributed by atoms with Crippen LogP contribution >= 0.6 is 0 Å². The van der Waals surface area contributed by atoms with Crippen molar-refractivity contribution in [3.05, 3.63) is 35.4 Å². The van der Waals surface area contributed by atoms with Crippen LogP contribution < -0.4 is 5.73 Å². The van der Waals surface area contributed by atoms with Crippen LogP contribution in [-0.4, -0.2) is 48.6 Å². The molecule has 2 amide bonds. The molecule has 1 saturated heterocycles. The van der Waals surface area contributed by atoms with E-state index in [1.165, 1.54) is 11.1 Å². The first-order valence-electron chi connectivity index (χ1n) is 6.97. The minimum Gasteiger partial charge on any atom is -0.351 e. The number of nitrogens with zero attached hydrogens (tertiary/aromatic N) is 2. The van der Waals surface area contributed by atoms with Crippen LogP contribution in [0.15, 0.2) is 24.3 Å². The summed E-state index contributed by atoms with van der Waals surface area (Å²) in [6.45, 7) is 6.68. The summed E-state index contributed by atoms with van der Waals surface area (Å²) in [7, 11) is 0. The lowest BCUT2D eigenvalue weighted by Gasteiger charge is -2.20. The lowest BCUT2D eigenvalue weighted by atomic mass is 10.1. The summed E-state index contributed by atoms with van der Waals surface area (Å²) >= 11 is 0. The van der Waals surface area contributed by atoms with Gasteiger partial charge in [-0.1, -0.05) is 29.8 Å². The van der Waals surface area contributed by atoms with E-state index in [1.807, 2.05) is 0 Å². The first kappa shape index (κ1) is 13.9. The van der Waals surface area contributed by atoms with Crippen molar-refractivity contribution >= 4 is 6.03 Å². The standard InChI is InChI=1S/C15H23N3O/c1-13-3-5-14(6-4-13)7-10-17-8-2-9-18(12-11-17)15(16)19/h3-6H,2,7-12H2,1H3,(H2,16,19). The van der Waals surface area contributed by atoms with Crippen LogP contribution in [0.5, 0.6) is 0 Å². The summed E-state index contributed by atoms with van der Waals surface area (Å²) < 4.78 is 0. The first-order valence-corrected chi connectivity index (χ1v) is 6.97. The minimum absolute atomic E-state index is 0.291. The fraction of sp³-hybridized carbons (Fsp3) is 0.533. The van der Waals surface area contributed by atoms with Gasteiger partial charge in [0.25, 0.3) is 0 Å². The van der Waals surface area contributed by atoms with Crippen LogP contribution in [0.2, 0.25) is 0 Å². The highest BCUT2D eigenvalue weighted by molar-refractivity contribution is 5.71. The van der Waals surface area contributed by atoms with E-state index in [0.29, 0.717) is 0 Å². The summed E-state index contributed by atoms with van der Waals surface area (Å²) in [6, 6.07) is 8.42. The quantitative estimate of drug-likeness (QED) is 0.899. The van der Waals surface area contributed by atoms with E-state index in [4.69, 9.17) is 5.73 Å². The molecule has 0 unspecified atom stereocenters. The van der Waals surface area contributed by atoms with Crippen molar-refractivity contribution < 1.29 is 4.79 Å². The highest BCUT2D eigenvalue weighted by atomic mass is 16.2. The molecule has 2 N–H and O–H groups in total. The Balaban J connectivity index is 1.80. The van der Waals surface area contributed by atoms with Gasteiger partial charge in [-0.05, 0) is 31.9 Å². The fourth-order valence-corrected chi connectivity index (χ4v) is 2.46. The predicted molar refractivity (Wildman–Crippen MR) is 77.1 cm³/mol. The predicted octanol–water partition coefficient (Wildman–Crippen LogP) is 1.62. The van der Waals surface area contributed by atoms with Gasteiger partial charge in [-0.3, -0.25) is 0 Å². The summed E-state index contributed by atoms with van der Waals surface area (Å²) in [6.07, 6.45) is 2.08. The van der Waals surface area contributed by atoms with E-state index >= 15 is 0 Å². The van der Waals surface area contributed by atoms with Gasteiger partial charge in [0, 0.05) is 26.2 Å². The Bertz CT molecular complexity index is 416. The van der Waals surface area contributed by atoms with Crippen molar-refractivity contribution in [2.75, 3.05) is 32.7 Å². The Morgan fingerprint density at radius 2 is 1.89 bits per heavy atom. The van der Waals surface area contributed by atoms with Gasteiger partial charge in [0.05, 0.1) is 0 Å². The molecule has 0 aliphatic carbocycles. The normalized spacial score (nSPS) is 17.2. The monoisotopic (exact) mass is 261 g/mol. The van der Waals surface area contributed by atoms with Gasteiger partial charge >= 0.3 is 6.03 Å². The molecule has 0 spiro atoms. The molecule has 0 atom stereocenters. The SMILES string of the molecule is Cc1ccc(CCN2CCCN(C(N)=O)CC2)cc1. The van der Waals surface area contributed by atoms with Crippen molar-refractivity contribution in [3.63, 3.8) is 0 Å². The molecule has 1 aromatic carbocycles. The number of urea groups is 1. The summed E-state index contributed by atoms with van der Waals surface area (Å²) in [5.74, 6) is 0. The van der Waals surface area contributed by atoms with E-state index < -0.39 is 0 Å². The number of carbonyl (C=O) groups excluding carboxylic acids is 1. The molecule has 1 aliphatic rings. The lowest BCUT2D eigenvalue weighted by molar-refractivity contribution is 0.207. The number of carbonyl (C=O) groups is 1. The zero-order chi connectivity index (χ0) is 13.7. The number of hydrogen-bond donors (Lipinski definition) is 1. The number of primary amides is 1. The first-order chi connectivity index (χ1) is 9.15. The third-order valence-electron chi connectivity index (χ3n) is 3.74. The molecule has 4 heteroatoms. The lowest BCUT2D eigenvalue weighted by Crippen LogP contribution is -2.38. The van der Waals surface area contributed by atoms with Gasteiger partial charge in [0.1, 0.15) is 0 Å². The smallest absolute Gasteiger partial charge is 0.314 e. The third-order valence-corrected chi connectivity index (χ3v) is 3.74. The summed E-state index contributed by atoms with van der Waals surface area (Å²) in [5.41, 5.74) is 8.01. The Morgan fingerprint density at radius 1 is 1.16 bits per heavy atom. The van der Waals surface area contributed by atoms with Crippen molar-refractivity contribution in [1.82, 2.24) is 9.80 Å². The van der Waals surface area contributed by atoms with Crippen LogP contribution in [0.4, 0.5) is 4.79 Å². The maximum Gasteiger partial charge on any atom is 0.314 e. The fourth-order valence-electron chi connectivity index (χ4n) is 2.46.